The Bertz CT molecular complexity index is 1130. The average molecular weight is 461 g/mol. The van der Waals surface area contributed by atoms with Crippen LogP contribution in [0.2, 0.25) is 0 Å². The van der Waals surface area contributed by atoms with E-state index in [0.717, 1.165) is 11.3 Å². The SMILES string of the molecule is CC(C)(C)C(=O)Nc1cccc2oc(-c3ccccc3N(CCCl)CCCl)cc(=O)c12. The molecule has 1 aromatic heterocycles. The molecule has 0 aliphatic rings. The zero-order chi connectivity index (χ0) is 22.6. The second-order valence-electron chi connectivity index (χ2n) is 8.24. The summed E-state index contributed by atoms with van der Waals surface area (Å²) < 4.78 is 6.14. The highest BCUT2D eigenvalue weighted by Gasteiger charge is 2.23. The Morgan fingerprint density at radius 3 is 2.35 bits per heavy atom. The van der Waals surface area contributed by atoms with Gasteiger partial charge in [0.25, 0.3) is 0 Å². The molecule has 2 aromatic carbocycles. The molecule has 0 radical (unpaired) electrons. The third-order valence-corrected chi connectivity index (χ3v) is 5.24. The number of hydrogen-bond acceptors (Lipinski definition) is 4. The van der Waals surface area contributed by atoms with Crippen molar-refractivity contribution in [1.29, 1.82) is 0 Å². The summed E-state index contributed by atoms with van der Waals surface area (Å²) in [6.07, 6.45) is 0. The van der Waals surface area contributed by atoms with Gasteiger partial charge in [0.05, 0.1) is 11.1 Å². The number of fused-ring (bicyclic) bond motifs is 1. The van der Waals surface area contributed by atoms with Crippen LogP contribution in [0.25, 0.3) is 22.3 Å². The summed E-state index contributed by atoms with van der Waals surface area (Å²) in [6.45, 7) is 6.69. The van der Waals surface area contributed by atoms with Crippen LogP contribution in [0.3, 0.4) is 0 Å². The second kappa shape index (κ2) is 9.75. The van der Waals surface area contributed by atoms with E-state index >= 15 is 0 Å². The fourth-order valence-electron chi connectivity index (χ4n) is 3.27. The molecule has 7 heteroatoms. The van der Waals surface area contributed by atoms with Crippen LogP contribution in [0.5, 0.6) is 0 Å². The first kappa shape index (κ1) is 23.2. The lowest BCUT2D eigenvalue weighted by Crippen LogP contribution is -2.28. The smallest absolute Gasteiger partial charge is 0.229 e. The van der Waals surface area contributed by atoms with Gasteiger partial charge >= 0.3 is 0 Å². The molecule has 0 bridgehead atoms. The Balaban J connectivity index is 2.11. The van der Waals surface area contributed by atoms with Gasteiger partial charge in [-0.25, -0.2) is 0 Å². The van der Waals surface area contributed by atoms with Crippen LogP contribution < -0.4 is 15.6 Å². The van der Waals surface area contributed by atoms with E-state index in [2.05, 4.69) is 10.2 Å². The van der Waals surface area contributed by atoms with Crippen LogP contribution >= 0.6 is 23.2 Å². The lowest BCUT2D eigenvalue weighted by molar-refractivity contribution is -0.123. The molecule has 0 spiro atoms. The van der Waals surface area contributed by atoms with Gasteiger partial charge in [0.1, 0.15) is 11.3 Å². The molecule has 164 valence electrons. The van der Waals surface area contributed by atoms with Gasteiger partial charge in [-0.3, -0.25) is 9.59 Å². The first-order chi connectivity index (χ1) is 14.8. The summed E-state index contributed by atoms with van der Waals surface area (Å²) in [5.74, 6) is 1.17. The van der Waals surface area contributed by atoms with Crippen molar-refractivity contribution in [3.05, 3.63) is 58.8 Å². The molecule has 1 heterocycles. The first-order valence-corrected chi connectivity index (χ1v) is 11.2. The minimum Gasteiger partial charge on any atom is -0.456 e. The summed E-state index contributed by atoms with van der Waals surface area (Å²) in [6, 6.07) is 14.3. The molecule has 1 amide bonds. The summed E-state index contributed by atoms with van der Waals surface area (Å²) in [5.41, 5.74) is 1.71. The molecule has 0 aliphatic heterocycles. The molecule has 0 saturated heterocycles. The summed E-state index contributed by atoms with van der Waals surface area (Å²) in [5, 5.41) is 3.20. The van der Waals surface area contributed by atoms with E-state index in [1.165, 1.54) is 6.07 Å². The number of benzene rings is 2. The van der Waals surface area contributed by atoms with Crippen LogP contribution in [-0.4, -0.2) is 30.8 Å². The summed E-state index contributed by atoms with van der Waals surface area (Å²) in [7, 11) is 0. The fourth-order valence-corrected chi connectivity index (χ4v) is 3.68. The average Bonchev–Trinajstić information content (AvgIpc) is 2.72. The highest BCUT2D eigenvalue weighted by atomic mass is 35.5. The minimum atomic E-state index is -0.588. The molecular weight excluding hydrogens is 435 g/mol. The van der Waals surface area contributed by atoms with E-state index in [1.807, 2.05) is 45.0 Å². The van der Waals surface area contributed by atoms with E-state index in [1.54, 1.807) is 18.2 Å². The Kier molecular flexibility index (Phi) is 7.29. The summed E-state index contributed by atoms with van der Waals surface area (Å²) >= 11 is 12.0. The predicted molar refractivity (Wildman–Crippen MR) is 130 cm³/mol. The number of nitrogens with zero attached hydrogens (tertiary/aromatic N) is 1. The quantitative estimate of drug-likeness (QED) is 0.457. The Morgan fingerprint density at radius 1 is 1.03 bits per heavy atom. The van der Waals surface area contributed by atoms with Gasteiger partial charge in [0, 0.05) is 47.6 Å². The Labute approximate surface area is 191 Å². The second-order valence-corrected chi connectivity index (χ2v) is 9.00. The van der Waals surface area contributed by atoms with Crippen molar-refractivity contribution >= 4 is 51.5 Å². The van der Waals surface area contributed by atoms with E-state index in [4.69, 9.17) is 27.6 Å². The number of halogens is 2. The molecule has 0 unspecified atom stereocenters. The number of amides is 1. The van der Waals surface area contributed by atoms with Gasteiger partial charge in [-0.15, -0.1) is 23.2 Å². The molecular formula is C24H26Cl2N2O3. The highest BCUT2D eigenvalue weighted by Crippen LogP contribution is 2.33. The molecule has 0 atom stereocenters. The molecule has 0 saturated carbocycles. The van der Waals surface area contributed by atoms with Gasteiger partial charge in [-0.2, -0.15) is 0 Å². The van der Waals surface area contributed by atoms with Crippen molar-refractivity contribution in [3.8, 4) is 11.3 Å². The van der Waals surface area contributed by atoms with Gasteiger partial charge in [-0.1, -0.05) is 39.0 Å². The molecule has 5 nitrogen and oxygen atoms in total. The Morgan fingerprint density at radius 2 is 1.71 bits per heavy atom. The van der Waals surface area contributed by atoms with Crippen LogP contribution in [0.4, 0.5) is 11.4 Å². The zero-order valence-electron chi connectivity index (χ0n) is 17.9. The van der Waals surface area contributed by atoms with Crippen molar-refractivity contribution in [2.24, 2.45) is 5.41 Å². The van der Waals surface area contributed by atoms with Crippen molar-refractivity contribution in [3.63, 3.8) is 0 Å². The monoisotopic (exact) mass is 460 g/mol. The highest BCUT2D eigenvalue weighted by molar-refractivity contribution is 6.18. The first-order valence-electron chi connectivity index (χ1n) is 10.1. The number of rotatable bonds is 7. The molecule has 3 aromatic rings. The molecule has 3 rings (SSSR count). The zero-order valence-corrected chi connectivity index (χ0v) is 19.4. The van der Waals surface area contributed by atoms with Crippen molar-refractivity contribution < 1.29 is 9.21 Å². The number of hydrogen-bond donors (Lipinski definition) is 1. The van der Waals surface area contributed by atoms with Gasteiger partial charge in [0.2, 0.25) is 5.91 Å². The topological polar surface area (TPSA) is 62.6 Å². The number of nitrogens with one attached hydrogen (secondary N) is 1. The number of carbonyl (C=O) groups is 1. The molecule has 0 aliphatic carbocycles. The number of carbonyl (C=O) groups excluding carboxylic acids is 1. The largest absolute Gasteiger partial charge is 0.456 e. The minimum absolute atomic E-state index is 0.174. The Hall–Kier alpha value is -2.50. The van der Waals surface area contributed by atoms with E-state index in [-0.39, 0.29) is 11.3 Å². The van der Waals surface area contributed by atoms with Crippen molar-refractivity contribution in [2.75, 3.05) is 35.1 Å². The van der Waals surface area contributed by atoms with E-state index < -0.39 is 5.41 Å². The standard InChI is InChI=1S/C24H26Cl2N2O3/c1-24(2,3)23(30)27-17-8-6-10-20-22(17)19(29)15-21(31-20)16-7-4-5-9-18(16)28(13-11-25)14-12-26/h4-10,15H,11-14H2,1-3H3,(H,27,30). The van der Waals surface area contributed by atoms with Crippen LogP contribution in [0.1, 0.15) is 20.8 Å². The predicted octanol–water partition coefficient (Wildman–Crippen LogP) is 5.73. The van der Waals surface area contributed by atoms with Gasteiger partial charge < -0.3 is 14.6 Å². The lowest BCUT2D eigenvalue weighted by Gasteiger charge is -2.25. The lowest BCUT2D eigenvalue weighted by atomic mass is 9.95. The number of anilines is 2. The van der Waals surface area contributed by atoms with E-state index in [0.29, 0.717) is 47.3 Å². The third kappa shape index (κ3) is 5.23. The molecule has 1 N–H and O–H groups in total. The molecule has 31 heavy (non-hydrogen) atoms. The summed E-state index contributed by atoms with van der Waals surface area (Å²) in [4.78, 5) is 27.6. The van der Waals surface area contributed by atoms with Crippen LogP contribution in [-0.2, 0) is 4.79 Å². The van der Waals surface area contributed by atoms with Crippen molar-refractivity contribution in [1.82, 2.24) is 0 Å². The van der Waals surface area contributed by atoms with E-state index in [9.17, 15) is 9.59 Å². The van der Waals surface area contributed by atoms with Crippen LogP contribution in [0.15, 0.2) is 57.7 Å². The maximum Gasteiger partial charge on any atom is 0.229 e. The molecule has 0 fully saturated rings. The number of alkyl halides is 2. The van der Waals surface area contributed by atoms with Gasteiger partial charge in [-0.05, 0) is 24.3 Å². The van der Waals surface area contributed by atoms with Crippen LogP contribution in [0, 0.1) is 5.41 Å². The van der Waals surface area contributed by atoms with Gasteiger partial charge in [0.15, 0.2) is 5.43 Å². The number of para-hydroxylation sites is 1. The normalized spacial score (nSPS) is 11.5. The maximum absolute atomic E-state index is 13.1. The fraction of sp³-hybridized carbons (Fsp3) is 0.333. The maximum atomic E-state index is 13.1. The van der Waals surface area contributed by atoms with Crippen molar-refractivity contribution in [2.45, 2.75) is 20.8 Å². The third-order valence-electron chi connectivity index (χ3n) is 4.90.